The summed E-state index contributed by atoms with van der Waals surface area (Å²) < 4.78 is 0.816. The van der Waals surface area contributed by atoms with Crippen molar-refractivity contribution in [2.45, 2.75) is 26.3 Å². The first-order valence-electron chi connectivity index (χ1n) is 5.74. The SMILES string of the molecule is CCCCN(C)Cc1cc(Br)cc(C(=O)O)c1. The number of halogens is 1. The maximum atomic E-state index is 10.9. The van der Waals surface area contributed by atoms with Gasteiger partial charge >= 0.3 is 5.97 Å². The summed E-state index contributed by atoms with van der Waals surface area (Å²) in [4.78, 5) is 13.1. The van der Waals surface area contributed by atoms with Crippen molar-refractivity contribution in [2.75, 3.05) is 13.6 Å². The number of rotatable bonds is 6. The number of hydrogen-bond acceptors (Lipinski definition) is 2. The van der Waals surface area contributed by atoms with Crippen LogP contribution in [0.2, 0.25) is 0 Å². The van der Waals surface area contributed by atoms with E-state index in [9.17, 15) is 4.79 Å². The number of carboxylic acids is 1. The fourth-order valence-electron chi connectivity index (χ4n) is 1.68. The highest BCUT2D eigenvalue weighted by atomic mass is 79.9. The molecule has 0 aromatic heterocycles. The molecule has 1 rings (SSSR count). The zero-order valence-corrected chi connectivity index (χ0v) is 11.8. The molecule has 0 fully saturated rings. The first kappa shape index (κ1) is 14.2. The van der Waals surface area contributed by atoms with E-state index >= 15 is 0 Å². The van der Waals surface area contributed by atoms with Gasteiger partial charge < -0.3 is 10.0 Å². The lowest BCUT2D eigenvalue weighted by molar-refractivity contribution is 0.0696. The van der Waals surface area contributed by atoms with Gasteiger partial charge in [0.25, 0.3) is 0 Å². The first-order chi connectivity index (χ1) is 8.02. The second-order valence-corrected chi connectivity index (χ2v) is 5.16. The van der Waals surface area contributed by atoms with Crippen molar-refractivity contribution in [3.05, 3.63) is 33.8 Å². The largest absolute Gasteiger partial charge is 0.478 e. The Morgan fingerprint density at radius 1 is 1.41 bits per heavy atom. The van der Waals surface area contributed by atoms with Crippen LogP contribution in [-0.2, 0) is 6.54 Å². The number of nitrogens with zero attached hydrogens (tertiary/aromatic N) is 1. The first-order valence-corrected chi connectivity index (χ1v) is 6.53. The van der Waals surface area contributed by atoms with Crippen molar-refractivity contribution >= 4 is 21.9 Å². The third kappa shape index (κ3) is 4.88. The Labute approximate surface area is 111 Å². The van der Waals surface area contributed by atoms with E-state index in [-0.39, 0.29) is 0 Å². The van der Waals surface area contributed by atoms with Crippen LogP contribution >= 0.6 is 15.9 Å². The lowest BCUT2D eigenvalue weighted by Gasteiger charge is -2.16. The summed E-state index contributed by atoms with van der Waals surface area (Å²) in [6, 6.07) is 5.32. The molecule has 0 aliphatic rings. The Morgan fingerprint density at radius 2 is 2.12 bits per heavy atom. The molecule has 0 saturated carbocycles. The summed E-state index contributed by atoms with van der Waals surface area (Å²) in [5.74, 6) is -0.885. The molecule has 94 valence electrons. The second kappa shape index (κ2) is 6.77. The third-order valence-corrected chi connectivity index (χ3v) is 3.01. The molecular weight excluding hydrogens is 282 g/mol. The predicted octanol–water partition coefficient (Wildman–Crippen LogP) is 3.38. The van der Waals surface area contributed by atoms with Gasteiger partial charge in [0, 0.05) is 11.0 Å². The summed E-state index contributed by atoms with van der Waals surface area (Å²) in [6.07, 6.45) is 2.33. The van der Waals surface area contributed by atoms with E-state index in [2.05, 4.69) is 34.8 Å². The Morgan fingerprint density at radius 3 is 2.71 bits per heavy atom. The average molecular weight is 300 g/mol. The Kier molecular flexibility index (Phi) is 5.65. The van der Waals surface area contributed by atoms with Crippen LogP contribution in [0.5, 0.6) is 0 Å². The number of hydrogen-bond donors (Lipinski definition) is 1. The molecule has 1 aromatic rings. The minimum Gasteiger partial charge on any atom is -0.478 e. The summed E-state index contributed by atoms with van der Waals surface area (Å²) >= 11 is 3.34. The number of unbranched alkanes of at least 4 members (excludes halogenated alkanes) is 1. The quantitative estimate of drug-likeness (QED) is 0.875. The minimum atomic E-state index is -0.885. The van der Waals surface area contributed by atoms with Gasteiger partial charge in [0.15, 0.2) is 0 Å². The van der Waals surface area contributed by atoms with E-state index in [0.29, 0.717) is 5.56 Å². The molecule has 1 aromatic carbocycles. The Balaban J connectivity index is 2.73. The molecule has 4 heteroatoms. The highest BCUT2D eigenvalue weighted by Gasteiger charge is 2.07. The summed E-state index contributed by atoms with van der Waals surface area (Å²) in [5.41, 5.74) is 1.36. The second-order valence-electron chi connectivity index (χ2n) is 4.24. The molecule has 0 aliphatic carbocycles. The lowest BCUT2D eigenvalue weighted by Crippen LogP contribution is -2.19. The minimum absolute atomic E-state index is 0.332. The fourth-order valence-corrected chi connectivity index (χ4v) is 2.22. The summed E-state index contributed by atoms with van der Waals surface area (Å²) in [5, 5.41) is 8.97. The third-order valence-electron chi connectivity index (χ3n) is 2.55. The van der Waals surface area contributed by atoms with Crippen LogP contribution < -0.4 is 0 Å². The van der Waals surface area contributed by atoms with Crippen LogP contribution in [0.25, 0.3) is 0 Å². The van der Waals surface area contributed by atoms with Crippen molar-refractivity contribution in [3.8, 4) is 0 Å². The van der Waals surface area contributed by atoms with Crippen LogP contribution in [-0.4, -0.2) is 29.6 Å². The van der Waals surface area contributed by atoms with Gasteiger partial charge in [0.2, 0.25) is 0 Å². The highest BCUT2D eigenvalue weighted by Crippen LogP contribution is 2.17. The van der Waals surface area contributed by atoms with Gasteiger partial charge in [-0.15, -0.1) is 0 Å². The van der Waals surface area contributed by atoms with E-state index in [0.717, 1.165) is 29.5 Å². The van der Waals surface area contributed by atoms with E-state index in [1.165, 1.54) is 6.42 Å². The molecule has 0 saturated heterocycles. The molecule has 1 N–H and O–H groups in total. The van der Waals surface area contributed by atoms with Crippen molar-refractivity contribution in [2.24, 2.45) is 0 Å². The van der Waals surface area contributed by atoms with Gasteiger partial charge in [-0.05, 0) is 43.8 Å². The van der Waals surface area contributed by atoms with Crippen LogP contribution in [0.3, 0.4) is 0 Å². The van der Waals surface area contributed by atoms with Crippen LogP contribution in [0, 0.1) is 0 Å². The zero-order valence-electron chi connectivity index (χ0n) is 10.2. The molecular formula is C13H18BrNO2. The molecule has 0 amide bonds. The number of carboxylic acid groups (broad SMARTS) is 1. The standard InChI is InChI=1S/C13H18BrNO2/c1-3-4-5-15(2)9-10-6-11(13(16)17)8-12(14)7-10/h6-8H,3-5,9H2,1-2H3,(H,16,17). The number of aromatic carboxylic acids is 1. The molecule has 17 heavy (non-hydrogen) atoms. The maximum absolute atomic E-state index is 10.9. The van der Waals surface area contributed by atoms with Crippen molar-refractivity contribution in [1.82, 2.24) is 4.90 Å². The van der Waals surface area contributed by atoms with Gasteiger partial charge in [0.1, 0.15) is 0 Å². The van der Waals surface area contributed by atoms with E-state index in [1.54, 1.807) is 12.1 Å². The van der Waals surface area contributed by atoms with Gasteiger partial charge in [-0.3, -0.25) is 0 Å². The summed E-state index contributed by atoms with van der Waals surface area (Å²) in [6.45, 7) is 3.97. The van der Waals surface area contributed by atoms with Gasteiger partial charge in [-0.1, -0.05) is 29.3 Å². The molecule has 0 heterocycles. The Hall–Kier alpha value is -0.870. The molecule has 0 radical (unpaired) electrons. The van der Waals surface area contributed by atoms with Crippen LogP contribution in [0.1, 0.15) is 35.7 Å². The molecule has 0 bridgehead atoms. The van der Waals surface area contributed by atoms with Crippen molar-refractivity contribution < 1.29 is 9.90 Å². The fraction of sp³-hybridized carbons (Fsp3) is 0.462. The highest BCUT2D eigenvalue weighted by molar-refractivity contribution is 9.10. The van der Waals surface area contributed by atoms with E-state index < -0.39 is 5.97 Å². The number of carbonyl (C=O) groups is 1. The van der Waals surface area contributed by atoms with Crippen LogP contribution in [0.4, 0.5) is 0 Å². The predicted molar refractivity (Wildman–Crippen MR) is 72.3 cm³/mol. The van der Waals surface area contributed by atoms with Gasteiger partial charge in [0.05, 0.1) is 5.56 Å². The van der Waals surface area contributed by atoms with Crippen molar-refractivity contribution in [3.63, 3.8) is 0 Å². The monoisotopic (exact) mass is 299 g/mol. The Bertz CT molecular complexity index is 393. The maximum Gasteiger partial charge on any atom is 0.335 e. The van der Waals surface area contributed by atoms with E-state index in [1.807, 2.05) is 6.07 Å². The van der Waals surface area contributed by atoms with Crippen LogP contribution in [0.15, 0.2) is 22.7 Å². The average Bonchev–Trinajstić information content (AvgIpc) is 2.25. The molecule has 3 nitrogen and oxygen atoms in total. The molecule has 0 unspecified atom stereocenters. The zero-order chi connectivity index (χ0) is 12.8. The number of benzene rings is 1. The lowest BCUT2D eigenvalue weighted by atomic mass is 10.1. The van der Waals surface area contributed by atoms with Crippen molar-refractivity contribution in [1.29, 1.82) is 0 Å². The van der Waals surface area contributed by atoms with Gasteiger partial charge in [-0.2, -0.15) is 0 Å². The van der Waals surface area contributed by atoms with Gasteiger partial charge in [-0.25, -0.2) is 4.79 Å². The molecule has 0 aliphatic heterocycles. The molecule has 0 atom stereocenters. The normalized spacial score (nSPS) is 10.8. The van der Waals surface area contributed by atoms with E-state index in [4.69, 9.17) is 5.11 Å². The molecule has 0 spiro atoms. The topological polar surface area (TPSA) is 40.5 Å². The smallest absolute Gasteiger partial charge is 0.335 e. The summed E-state index contributed by atoms with van der Waals surface area (Å²) in [7, 11) is 2.05.